The Labute approximate surface area is 219 Å². The Morgan fingerprint density at radius 2 is 1.56 bits per heavy atom. The van der Waals surface area contributed by atoms with E-state index in [0.717, 1.165) is 63.6 Å². The van der Waals surface area contributed by atoms with E-state index in [9.17, 15) is 4.79 Å². The molecule has 1 aromatic carbocycles. The monoisotopic (exact) mass is 519 g/mol. The lowest BCUT2D eigenvalue weighted by molar-refractivity contribution is 0.00695. The molecule has 1 heterocycles. The normalized spacial score (nSPS) is 11.4. The number of carbonyl (C=O) groups is 1. The molecular weight excluding hydrogens is 478 g/mol. The molecule has 0 atom stereocenters. The number of nitrogens with one attached hydrogen (secondary N) is 2. The van der Waals surface area contributed by atoms with E-state index in [1.807, 2.05) is 45.2 Å². The predicted molar refractivity (Wildman–Crippen MR) is 146 cm³/mol. The number of thioether (sulfide) groups is 1. The van der Waals surface area contributed by atoms with E-state index in [0.29, 0.717) is 29.7 Å². The summed E-state index contributed by atoms with van der Waals surface area (Å²) in [6.45, 7) is 9.90. The van der Waals surface area contributed by atoms with Gasteiger partial charge in [0.1, 0.15) is 17.2 Å². The number of carbonyl (C=O) groups excluding carboxylic acids is 1. The highest BCUT2D eigenvalue weighted by Gasteiger charge is 2.17. The van der Waals surface area contributed by atoms with E-state index in [4.69, 9.17) is 19.9 Å². The van der Waals surface area contributed by atoms with Crippen molar-refractivity contribution in [3.8, 4) is 0 Å². The molecule has 10 heteroatoms. The van der Waals surface area contributed by atoms with Gasteiger partial charge < -0.3 is 30.6 Å². The molecule has 0 amide bonds. The Morgan fingerprint density at radius 3 is 2.17 bits per heavy atom. The molecule has 0 aliphatic carbocycles. The zero-order valence-electron chi connectivity index (χ0n) is 22.0. The van der Waals surface area contributed by atoms with Gasteiger partial charge in [0.05, 0.1) is 5.56 Å². The first kappa shape index (κ1) is 29.8. The number of rotatable bonds is 17. The third kappa shape index (κ3) is 12.5. The van der Waals surface area contributed by atoms with Crippen molar-refractivity contribution in [2.45, 2.75) is 57.2 Å². The maximum absolute atomic E-state index is 12.2. The first-order valence-corrected chi connectivity index (χ1v) is 13.7. The second-order valence-electron chi connectivity index (χ2n) is 9.18. The van der Waals surface area contributed by atoms with Gasteiger partial charge in [0.15, 0.2) is 5.16 Å². The Bertz CT molecular complexity index is 906. The van der Waals surface area contributed by atoms with Gasteiger partial charge in [-0.3, -0.25) is 0 Å². The average molecular weight is 520 g/mol. The molecule has 0 fully saturated rings. The third-order valence-corrected chi connectivity index (χ3v) is 5.32. The molecule has 0 bridgehead atoms. The lowest BCUT2D eigenvalue weighted by Gasteiger charge is -2.19. The summed E-state index contributed by atoms with van der Waals surface area (Å²) in [6, 6.07) is 9.00. The van der Waals surface area contributed by atoms with Crippen LogP contribution in [0.15, 0.2) is 35.5 Å². The van der Waals surface area contributed by atoms with Crippen LogP contribution < -0.4 is 16.4 Å². The molecule has 200 valence electrons. The highest BCUT2D eigenvalue weighted by atomic mass is 32.2. The molecule has 4 N–H and O–H groups in total. The fraction of sp³-hybridized carbons (Fsp3) is 0.577. The number of esters is 1. The average Bonchev–Trinajstić information content (AvgIpc) is 2.84. The van der Waals surface area contributed by atoms with E-state index in [2.05, 4.69) is 20.6 Å². The first-order chi connectivity index (χ1) is 17.3. The van der Waals surface area contributed by atoms with Crippen LogP contribution in [0.4, 0.5) is 17.3 Å². The second kappa shape index (κ2) is 16.4. The molecule has 0 saturated heterocycles. The van der Waals surface area contributed by atoms with Gasteiger partial charge in [-0.2, -0.15) is 0 Å². The number of unbranched alkanes of at least 4 members (excludes halogenated alkanes) is 1. The maximum atomic E-state index is 12.2. The molecule has 0 spiro atoms. The van der Waals surface area contributed by atoms with Crippen molar-refractivity contribution in [2.75, 3.05) is 56.4 Å². The largest absolute Gasteiger partial charge is 0.456 e. The Hall–Kier alpha value is -2.40. The minimum Gasteiger partial charge on any atom is -0.456 e. The Kier molecular flexibility index (Phi) is 13.6. The number of hydrogen-bond acceptors (Lipinski definition) is 10. The summed E-state index contributed by atoms with van der Waals surface area (Å²) in [5.41, 5.74) is 6.23. The molecule has 0 aliphatic rings. The maximum Gasteiger partial charge on any atom is 0.338 e. The zero-order valence-corrected chi connectivity index (χ0v) is 22.8. The summed E-state index contributed by atoms with van der Waals surface area (Å²) >= 11 is 1.48. The Morgan fingerprint density at radius 1 is 0.944 bits per heavy atom. The fourth-order valence-corrected chi connectivity index (χ4v) is 3.41. The summed E-state index contributed by atoms with van der Waals surface area (Å²) in [5, 5.41) is 7.29. The standard InChI is InChI=1S/C26H41N5O4S/c1-26(2,3)35-24(32)20-9-11-21(12-10-20)29-23-19-22(30-25(31-23)36-4)28-14-8-18-34-16-6-5-15-33-17-7-13-27/h9-12,19H,5-8,13-18,27H2,1-4H3,(H2,28,29,30,31). The molecule has 2 rings (SSSR count). The molecule has 36 heavy (non-hydrogen) atoms. The number of ether oxygens (including phenoxy) is 3. The van der Waals surface area contributed by atoms with Crippen LogP contribution in [0, 0.1) is 0 Å². The first-order valence-electron chi connectivity index (χ1n) is 12.4. The van der Waals surface area contributed by atoms with E-state index in [1.54, 1.807) is 12.1 Å². The van der Waals surface area contributed by atoms with Gasteiger partial charge in [-0.25, -0.2) is 14.8 Å². The molecule has 9 nitrogen and oxygen atoms in total. The van der Waals surface area contributed by atoms with Crippen molar-refractivity contribution in [3.63, 3.8) is 0 Å². The van der Waals surface area contributed by atoms with E-state index in [1.165, 1.54) is 11.8 Å². The van der Waals surface area contributed by atoms with Gasteiger partial charge in [-0.1, -0.05) is 11.8 Å². The number of nitrogens with zero attached hydrogens (tertiary/aromatic N) is 2. The number of anilines is 3. The lowest BCUT2D eigenvalue weighted by Crippen LogP contribution is -2.23. The molecule has 0 aliphatic heterocycles. The summed E-state index contributed by atoms with van der Waals surface area (Å²) in [4.78, 5) is 21.3. The highest BCUT2D eigenvalue weighted by molar-refractivity contribution is 7.98. The molecule has 0 saturated carbocycles. The molecule has 2 aromatic rings. The van der Waals surface area contributed by atoms with Gasteiger partial charge in [0.25, 0.3) is 0 Å². The van der Waals surface area contributed by atoms with Gasteiger partial charge in [0, 0.05) is 44.7 Å². The van der Waals surface area contributed by atoms with Crippen LogP contribution in [0.5, 0.6) is 0 Å². The van der Waals surface area contributed by atoms with Crippen LogP contribution in [-0.4, -0.2) is 67.3 Å². The summed E-state index contributed by atoms with van der Waals surface area (Å²) < 4.78 is 16.6. The van der Waals surface area contributed by atoms with Gasteiger partial charge in [-0.05, 0) is 83.5 Å². The van der Waals surface area contributed by atoms with Crippen molar-refractivity contribution in [2.24, 2.45) is 5.73 Å². The van der Waals surface area contributed by atoms with Crippen molar-refractivity contribution in [1.29, 1.82) is 0 Å². The zero-order chi connectivity index (χ0) is 26.2. The molecule has 0 radical (unpaired) electrons. The smallest absolute Gasteiger partial charge is 0.338 e. The van der Waals surface area contributed by atoms with Crippen LogP contribution >= 0.6 is 11.8 Å². The van der Waals surface area contributed by atoms with Gasteiger partial charge in [-0.15, -0.1) is 0 Å². The second-order valence-corrected chi connectivity index (χ2v) is 9.96. The van der Waals surface area contributed by atoms with Crippen LogP contribution in [-0.2, 0) is 14.2 Å². The van der Waals surface area contributed by atoms with Crippen LogP contribution in [0.2, 0.25) is 0 Å². The Balaban J connectivity index is 1.75. The third-order valence-electron chi connectivity index (χ3n) is 4.77. The van der Waals surface area contributed by atoms with Crippen molar-refractivity contribution in [3.05, 3.63) is 35.9 Å². The fourth-order valence-electron chi connectivity index (χ4n) is 3.03. The number of aromatic nitrogens is 2. The van der Waals surface area contributed by atoms with Crippen molar-refractivity contribution in [1.82, 2.24) is 9.97 Å². The molecule has 1 aromatic heterocycles. The highest BCUT2D eigenvalue weighted by Crippen LogP contribution is 2.22. The number of benzene rings is 1. The number of nitrogens with two attached hydrogens (primary N) is 1. The summed E-state index contributed by atoms with van der Waals surface area (Å²) in [5.74, 6) is 1.08. The van der Waals surface area contributed by atoms with Gasteiger partial charge >= 0.3 is 5.97 Å². The van der Waals surface area contributed by atoms with Crippen LogP contribution in [0.1, 0.15) is 56.8 Å². The van der Waals surface area contributed by atoms with E-state index >= 15 is 0 Å². The van der Waals surface area contributed by atoms with Gasteiger partial charge in [0.2, 0.25) is 0 Å². The summed E-state index contributed by atoms with van der Waals surface area (Å²) in [6.07, 6.45) is 5.72. The van der Waals surface area contributed by atoms with E-state index < -0.39 is 5.60 Å². The lowest BCUT2D eigenvalue weighted by atomic mass is 10.1. The summed E-state index contributed by atoms with van der Waals surface area (Å²) in [7, 11) is 0. The van der Waals surface area contributed by atoms with Crippen molar-refractivity contribution < 1.29 is 19.0 Å². The van der Waals surface area contributed by atoms with Crippen LogP contribution in [0.3, 0.4) is 0 Å². The topological polar surface area (TPSA) is 121 Å². The SMILES string of the molecule is CSc1nc(NCCCOCCCCOCCCN)cc(Nc2ccc(C(=O)OC(C)(C)C)cc2)n1. The minimum absolute atomic E-state index is 0.344. The quantitative estimate of drug-likeness (QED) is 0.116. The number of hydrogen-bond donors (Lipinski definition) is 3. The minimum atomic E-state index is -0.529. The van der Waals surface area contributed by atoms with Crippen LogP contribution in [0.25, 0.3) is 0 Å². The molecular formula is C26H41N5O4S. The van der Waals surface area contributed by atoms with E-state index in [-0.39, 0.29) is 5.97 Å². The molecule has 0 unspecified atom stereocenters. The van der Waals surface area contributed by atoms with Crippen molar-refractivity contribution >= 4 is 35.1 Å². The predicted octanol–water partition coefficient (Wildman–Crippen LogP) is 4.86.